The van der Waals surface area contributed by atoms with Gasteiger partial charge in [0, 0.05) is 11.9 Å². The molecule has 26 heavy (non-hydrogen) atoms. The Labute approximate surface area is 143 Å². The van der Waals surface area contributed by atoms with Crippen LogP contribution in [0.2, 0.25) is 0 Å². The molecule has 2 heterocycles. The van der Waals surface area contributed by atoms with Gasteiger partial charge in [-0.1, -0.05) is 6.07 Å². The summed E-state index contributed by atoms with van der Waals surface area (Å²) in [4.78, 5) is 14.7. The molecule has 0 fully saturated rings. The predicted molar refractivity (Wildman–Crippen MR) is 83.8 cm³/mol. The third-order valence-electron chi connectivity index (χ3n) is 3.18. The van der Waals surface area contributed by atoms with Crippen molar-refractivity contribution in [2.45, 2.75) is 6.18 Å². The smallest absolute Gasteiger partial charge is 0.433 e. The Bertz CT molecular complexity index is 963. The predicted octanol–water partition coefficient (Wildman–Crippen LogP) is 3.12. The molecule has 0 spiro atoms. The number of phenolic OH excluding ortho intramolecular Hbond substituents is 1. The minimum atomic E-state index is -4.62. The summed E-state index contributed by atoms with van der Waals surface area (Å²) in [6, 6.07) is 5.84. The fraction of sp³-hybridized carbons (Fsp3) is 0.0667. The molecule has 0 saturated carbocycles. The number of nitrogen functional groups attached to an aromatic ring is 1. The normalized spacial score (nSPS) is 11.4. The van der Waals surface area contributed by atoms with Gasteiger partial charge in [-0.05, 0) is 24.3 Å². The largest absolute Gasteiger partial charge is 0.505 e. The maximum absolute atomic E-state index is 14.0. The van der Waals surface area contributed by atoms with Crippen LogP contribution in [0.5, 0.6) is 5.75 Å². The standard InChI is InChI=1S/C15H10F4N6O/c16-11-8(2-1-3-9(11)26)12-23-13(20)25-14(24-12)22-7-4-5-21-10(6-7)15(17,18)19/h1-6,26H,(H3,20,21,22,23,24,25). The van der Waals surface area contributed by atoms with E-state index >= 15 is 0 Å². The first-order valence-corrected chi connectivity index (χ1v) is 7.04. The monoisotopic (exact) mass is 366 g/mol. The van der Waals surface area contributed by atoms with Crippen LogP contribution in [0.3, 0.4) is 0 Å². The van der Waals surface area contributed by atoms with Gasteiger partial charge in [0.05, 0.1) is 5.56 Å². The highest BCUT2D eigenvalue weighted by atomic mass is 19.4. The van der Waals surface area contributed by atoms with E-state index in [1.54, 1.807) is 0 Å². The third kappa shape index (κ3) is 3.61. The van der Waals surface area contributed by atoms with Crippen molar-refractivity contribution in [2.24, 2.45) is 0 Å². The van der Waals surface area contributed by atoms with Crippen molar-refractivity contribution >= 4 is 17.6 Å². The number of alkyl halides is 3. The number of halogens is 4. The van der Waals surface area contributed by atoms with E-state index in [9.17, 15) is 22.7 Å². The molecule has 3 rings (SSSR count). The number of nitrogens with one attached hydrogen (secondary N) is 1. The van der Waals surface area contributed by atoms with E-state index < -0.39 is 23.4 Å². The lowest BCUT2D eigenvalue weighted by Crippen LogP contribution is -2.09. The number of rotatable bonds is 3. The van der Waals surface area contributed by atoms with E-state index in [1.165, 1.54) is 18.2 Å². The number of hydrogen-bond donors (Lipinski definition) is 3. The zero-order chi connectivity index (χ0) is 18.9. The molecular formula is C15H10F4N6O. The van der Waals surface area contributed by atoms with Crippen molar-refractivity contribution in [3.05, 3.63) is 48.0 Å². The SMILES string of the molecule is Nc1nc(Nc2ccnc(C(F)(F)F)c2)nc(-c2cccc(O)c2F)n1. The van der Waals surface area contributed by atoms with Gasteiger partial charge in [0.25, 0.3) is 0 Å². The topological polar surface area (TPSA) is 110 Å². The maximum atomic E-state index is 14.0. The minimum Gasteiger partial charge on any atom is -0.505 e. The van der Waals surface area contributed by atoms with Crippen molar-refractivity contribution in [3.8, 4) is 17.1 Å². The van der Waals surface area contributed by atoms with E-state index in [1.807, 2.05) is 0 Å². The molecule has 1 aromatic carbocycles. The summed E-state index contributed by atoms with van der Waals surface area (Å²) in [6.07, 6.45) is -3.66. The Kier molecular flexibility index (Phi) is 4.28. The van der Waals surface area contributed by atoms with Crippen LogP contribution in [0.4, 0.5) is 35.1 Å². The Morgan fingerprint density at radius 1 is 1.08 bits per heavy atom. The Morgan fingerprint density at radius 3 is 2.58 bits per heavy atom. The second-order valence-electron chi connectivity index (χ2n) is 5.03. The molecule has 0 aliphatic rings. The number of aromatic nitrogens is 4. The first kappa shape index (κ1) is 17.3. The van der Waals surface area contributed by atoms with E-state index in [-0.39, 0.29) is 29.0 Å². The molecule has 0 radical (unpaired) electrons. The van der Waals surface area contributed by atoms with Gasteiger partial charge in [-0.25, -0.2) is 4.39 Å². The fourth-order valence-electron chi connectivity index (χ4n) is 2.05. The van der Waals surface area contributed by atoms with Crippen molar-refractivity contribution < 1.29 is 22.7 Å². The highest BCUT2D eigenvalue weighted by molar-refractivity contribution is 5.62. The van der Waals surface area contributed by atoms with Crippen LogP contribution in [0, 0.1) is 5.82 Å². The molecule has 7 nitrogen and oxygen atoms in total. The van der Waals surface area contributed by atoms with Gasteiger partial charge in [0.2, 0.25) is 11.9 Å². The van der Waals surface area contributed by atoms with Gasteiger partial charge in [-0.3, -0.25) is 4.98 Å². The van der Waals surface area contributed by atoms with E-state index in [4.69, 9.17) is 5.73 Å². The van der Waals surface area contributed by atoms with Crippen LogP contribution < -0.4 is 11.1 Å². The molecule has 134 valence electrons. The summed E-state index contributed by atoms with van der Waals surface area (Å²) >= 11 is 0. The van der Waals surface area contributed by atoms with Gasteiger partial charge >= 0.3 is 6.18 Å². The molecular weight excluding hydrogens is 356 g/mol. The quantitative estimate of drug-likeness (QED) is 0.611. The van der Waals surface area contributed by atoms with Gasteiger partial charge < -0.3 is 16.2 Å². The molecule has 0 aliphatic heterocycles. The minimum absolute atomic E-state index is 0.000237. The molecule has 3 aromatic rings. The van der Waals surface area contributed by atoms with Crippen LogP contribution in [0.25, 0.3) is 11.4 Å². The fourth-order valence-corrected chi connectivity index (χ4v) is 2.05. The van der Waals surface area contributed by atoms with Crippen LogP contribution in [-0.4, -0.2) is 25.0 Å². The summed E-state index contributed by atoms with van der Waals surface area (Å²) in [5, 5.41) is 12.0. The molecule has 0 aliphatic carbocycles. The molecule has 0 amide bonds. The molecule has 11 heteroatoms. The van der Waals surface area contributed by atoms with Crippen molar-refractivity contribution in [3.63, 3.8) is 0 Å². The van der Waals surface area contributed by atoms with Crippen molar-refractivity contribution in [2.75, 3.05) is 11.1 Å². The van der Waals surface area contributed by atoms with Gasteiger partial charge in [-0.15, -0.1) is 0 Å². The first-order chi connectivity index (χ1) is 12.2. The van der Waals surface area contributed by atoms with Crippen LogP contribution in [0.15, 0.2) is 36.5 Å². The molecule has 2 aromatic heterocycles. The number of hydrogen-bond acceptors (Lipinski definition) is 7. The summed E-state index contributed by atoms with van der Waals surface area (Å²) < 4.78 is 52.2. The molecule has 0 bridgehead atoms. The number of nitrogens with two attached hydrogens (primary N) is 1. The number of aromatic hydroxyl groups is 1. The van der Waals surface area contributed by atoms with E-state index in [2.05, 4.69) is 25.3 Å². The summed E-state index contributed by atoms with van der Waals surface area (Å²) in [5.41, 5.74) is 4.31. The van der Waals surface area contributed by atoms with Crippen molar-refractivity contribution in [1.82, 2.24) is 19.9 Å². The highest BCUT2D eigenvalue weighted by Crippen LogP contribution is 2.30. The number of anilines is 3. The van der Waals surface area contributed by atoms with E-state index in [0.29, 0.717) is 0 Å². The number of phenols is 1. The average molecular weight is 366 g/mol. The lowest BCUT2D eigenvalue weighted by molar-refractivity contribution is -0.141. The zero-order valence-corrected chi connectivity index (χ0v) is 12.8. The first-order valence-electron chi connectivity index (χ1n) is 7.04. The summed E-state index contributed by atoms with van der Waals surface area (Å²) in [6.45, 7) is 0. The average Bonchev–Trinajstić information content (AvgIpc) is 2.56. The van der Waals surface area contributed by atoms with Gasteiger partial charge in [-0.2, -0.15) is 28.1 Å². The Hall–Kier alpha value is -3.50. The van der Waals surface area contributed by atoms with E-state index in [0.717, 1.165) is 18.3 Å². The number of benzene rings is 1. The second kappa shape index (κ2) is 6.43. The van der Waals surface area contributed by atoms with Crippen LogP contribution in [-0.2, 0) is 6.18 Å². The molecule has 0 unspecified atom stereocenters. The third-order valence-corrected chi connectivity index (χ3v) is 3.18. The summed E-state index contributed by atoms with van der Waals surface area (Å²) in [7, 11) is 0. The molecule has 4 N–H and O–H groups in total. The van der Waals surface area contributed by atoms with Crippen LogP contribution in [0.1, 0.15) is 5.69 Å². The lowest BCUT2D eigenvalue weighted by Gasteiger charge is -2.10. The molecule has 0 atom stereocenters. The maximum Gasteiger partial charge on any atom is 0.433 e. The number of pyridine rings is 1. The van der Waals surface area contributed by atoms with Crippen LogP contribution >= 0.6 is 0 Å². The summed E-state index contributed by atoms with van der Waals surface area (Å²) in [5.74, 6) is -2.26. The lowest BCUT2D eigenvalue weighted by atomic mass is 10.2. The Balaban J connectivity index is 1.98. The molecule has 0 saturated heterocycles. The zero-order valence-electron chi connectivity index (χ0n) is 12.8. The Morgan fingerprint density at radius 2 is 1.85 bits per heavy atom. The number of nitrogens with zero attached hydrogens (tertiary/aromatic N) is 4. The highest BCUT2D eigenvalue weighted by Gasteiger charge is 2.32. The van der Waals surface area contributed by atoms with Gasteiger partial charge in [0.15, 0.2) is 17.4 Å². The second-order valence-corrected chi connectivity index (χ2v) is 5.03. The van der Waals surface area contributed by atoms with Gasteiger partial charge in [0.1, 0.15) is 5.69 Å². The van der Waals surface area contributed by atoms with Crippen molar-refractivity contribution in [1.29, 1.82) is 0 Å².